The number of nitrogens with one attached hydrogen (secondary N) is 2. The van der Waals surface area contributed by atoms with Gasteiger partial charge in [0.2, 0.25) is 10.0 Å². The van der Waals surface area contributed by atoms with Gasteiger partial charge in [0, 0.05) is 18.7 Å². The van der Waals surface area contributed by atoms with Crippen molar-refractivity contribution in [3.8, 4) is 0 Å². The number of carbonyl (C=O) groups is 3. The molecule has 4 amide bonds. The standard InChI is InChI=1S/C17H22N4O5S/c1-3-17(2)15(23)21(16(24)18-17)19-14(22)12-6-8-13(9-7-12)27(25,26)20-10-4-5-11-20/h6-9H,3-5,10-11H2,1-2H3,(H,18,24)(H,19,22)/t17-/m1/s1. The third-order valence-electron chi connectivity index (χ3n) is 5.00. The smallest absolute Gasteiger partial charge is 0.322 e. The fourth-order valence-electron chi connectivity index (χ4n) is 3.05. The van der Waals surface area contributed by atoms with Crippen molar-refractivity contribution in [2.45, 2.75) is 43.5 Å². The highest BCUT2D eigenvalue weighted by atomic mass is 32.2. The maximum atomic E-state index is 12.5. The lowest BCUT2D eigenvalue weighted by atomic mass is 10.00. The van der Waals surface area contributed by atoms with Crippen molar-refractivity contribution in [2.24, 2.45) is 0 Å². The van der Waals surface area contributed by atoms with Crippen molar-refractivity contribution >= 4 is 27.9 Å². The van der Waals surface area contributed by atoms with Crippen LogP contribution in [0.15, 0.2) is 29.2 Å². The molecular weight excluding hydrogens is 372 g/mol. The molecule has 9 nitrogen and oxygen atoms in total. The summed E-state index contributed by atoms with van der Waals surface area (Å²) in [6.07, 6.45) is 2.05. The van der Waals surface area contributed by atoms with Gasteiger partial charge in [-0.15, -0.1) is 0 Å². The lowest BCUT2D eigenvalue weighted by molar-refractivity contribution is -0.132. The molecular formula is C17H22N4O5S. The highest BCUT2D eigenvalue weighted by Gasteiger charge is 2.47. The van der Waals surface area contributed by atoms with Crippen molar-refractivity contribution in [3.63, 3.8) is 0 Å². The van der Waals surface area contributed by atoms with E-state index >= 15 is 0 Å². The van der Waals surface area contributed by atoms with E-state index < -0.39 is 33.4 Å². The number of sulfonamides is 1. The van der Waals surface area contributed by atoms with Crippen molar-refractivity contribution < 1.29 is 22.8 Å². The van der Waals surface area contributed by atoms with Crippen molar-refractivity contribution in [3.05, 3.63) is 29.8 Å². The average molecular weight is 394 g/mol. The molecule has 1 aromatic rings. The molecule has 3 rings (SSSR count). The summed E-state index contributed by atoms with van der Waals surface area (Å²) in [6, 6.07) is 4.71. The lowest BCUT2D eigenvalue weighted by Crippen LogP contribution is -2.48. The fraction of sp³-hybridized carbons (Fsp3) is 0.471. The van der Waals surface area contributed by atoms with E-state index in [4.69, 9.17) is 0 Å². The molecule has 0 radical (unpaired) electrons. The minimum atomic E-state index is -3.57. The number of hydrazine groups is 1. The molecule has 0 aliphatic carbocycles. The molecule has 1 atom stereocenters. The summed E-state index contributed by atoms with van der Waals surface area (Å²) in [6.45, 7) is 4.32. The third-order valence-corrected chi connectivity index (χ3v) is 6.91. The minimum absolute atomic E-state index is 0.106. The van der Waals surface area contributed by atoms with Crippen molar-refractivity contribution in [2.75, 3.05) is 13.1 Å². The van der Waals surface area contributed by atoms with Gasteiger partial charge in [-0.2, -0.15) is 9.31 Å². The number of amides is 4. The molecule has 2 fully saturated rings. The zero-order valence-electron chi connectivity index (χ0n) is 15.2. The molecule has 0 spiro atoms. The summed E-state index contributed by atoms with van der Waals surface area (Å²) in [5, 5.41) is 3.19. The van der Waals surface area contributed by atoms with E-state index in [1.54, 1.807) is 13.8 Å². The summed E-state index contributed by atoms with van der Waals surface area (Å²) < 4.78 is 26.4. The molecule has 2 heterocycles. The van der Waals surface area contributed by atoms with Crippen molar-refractivity contribution in [1.29, 1.82) is 0 Å². The van der Waals surface area contributed by atoms with E-state index in [-0.39, 0.29) is 10.5 Å². The predicted molar refractivity (Wildman–Crippen MR) is 96.0 cm³/mol. The van der Waals surface area contributed by atoms with E-state index in [1.165, 1.54) is 28.6 Å². The molecule has 27 heavy (non-hydrogen) atoms. The Labute approximate surface area is 157 Å². The largest absolute Gasteiger partial charge is 0.344 e. The van der Waals surface area contributed by atoms with Gasteiger partial charge in [0.15, 0.2) is 0 Å². The second-order valence-electron chi connectivity index (χ2n) is 6.83. The van der Waals surface area contributed by atoms with Crippen LogP contribution in [0.5, 0.6) is 0 Å². The maximum absolute atomic E-state index is 12.5. The minimum Gasteiger partial charge on any atom is -0.322 e. The number of urea groups is 1. The number of carbonyl (C=O) groups excluding carboxylic acids is 3. The first-order valence-corrected chi connectivity index (χ1v) is 10.2. The quantitative estimate of drug-likeness (QED) is 0.718. The van der Waals surface area contributed by atoms with Crippen LogP contribution >= 0.6 is 0 Å². The Balaban J connectivity index is 1.73. The molecule has 0 aromatic heterocycles. The van der Waals surface area contributed by atoms with Crippen LogP contribution in [0.4, 0.5) is 4.79 Å². The first-order valence-electron chi connectivity index (χ1n) is 8.77. The van der Waals surface area contributed by atoms with Gasteiger partial charge in [-0.05, 0) is 50.5 Å². The Morgan fingerprint density at radius 3 is 2.30 bits per heavy atom. The summed E-state index contributed by atoms with van der Waals surface area (Å²) >= 11 is 0. The van der Waals surface area contributed by atoms with Gasteiger partial charge in [-0.1, -0.05) is 6.92 Å². The number of hydrogen-bond donors (Lipinski definition) is 2. The molecule has 0 unspecified atom stereocenters. The Hall–Kier alpha value is -2.46. The van der Waals surface area contributed by atoms with Gasteiger partial charge in [-0.25, -0.2) is 13.2 Å². The molecule has 0 bridgehead atoms. The van der Waals surface area contributed by atoms with Gasteiger partial charge in [-0.3, -0.25) is 15.0 Å². The van der Waals surface area contributed by atoms with Gasteiger partial charge < -0.3 is 5.32 Å². The number of rotatable bonds is 5. The number of nitrogens with zero attached hydrogens (tertiary/aromatic N) is 2. The summed E-state index contributed by atoms with van der Waals surface area (Å²) in [5.41, 5.74) is 1.35. The average Bonchev–Trinajstić information content (AvgIpc) is 3.26. The highest BCUT2D eigenvalue weighted by molar-refractivity contribution is 7.89. The van der Waals surface area contributed by atoms with E-state index in [9.17, 15) is 22.8 Å². The Bertz CT molecular complexity index is 877. The molecule has 2 aliphatic rings. The molecule has 0 saturated carbocycles. The maximum Gasteiger partial charge on any atom is 0.344 e. The summed E-state index contributed by atoms with van der Waals surface area (Å²) in [4.78, 5) is 36.7. The molecule has 10 heteroatoms. The zero-order chi connectivity index (χ0) is 19.8. The normalized spacial score (nSPS) is 23.6. The third kappa shape index (κ3) is 3.42. The van der Waals surface area contributed by atoms with Crippen molar-refractivity contribution in [1.82, 2.24) is 20.1 Å². The first kappa shape index (κ1) is 19.3. The van der Waals surface area contributed by atoms with Gasteiger partial charge in [0.05, 0.1) is 4.90 Å². The summed E-state index contributed by atoms with van der Waals surface area (Å²) in [7, 11) is -3.57. The second kappa shape index (κ2) is 6.93. The summed E-state index contributed by atoms with van der Waals surface area (Å²) in [5.74, 6) is -1.22. The Morgan fingerprint density at radius 2 is 1.78 bits per heavy atom. The van der Waals surface area contributed by atoms with Gasteiger partial charge >= 0.3 is 6.03 Å². The van der Waals surface area contributed by atoms with Crippen LogP contribution in [-0.2, 0) is 14.8 Å². The van der Waals surface area contributed by atoms with Crippen LogP contribution < -0.4 is 10.7 Å². The predicted octanol–water partition coefficient (Wildman–Crippen LogP) is 0.836. The van der Waals surface area contributed by atoms with E-state index in [0.717, 1.165) is 12.8 Å². The van der Waals surface area contributed by atoms with Crippen LogP contribution in [0.25, 0.3) is 0 Å². The molecule has 1 aromatic carbocycles. The Morgan fingerprint density at radius 1 is 1.19 bits per heavy atom. The number of hydrogen-bond acceptors (Lipinski definition) is 5. The molecule has 146 valence electrons. The zero-order valence-corrected chi connectivity index (χ0v) is 16.0. The topological polar surface area (TPSA) is 116 Å². The first-order chi connectivity index (χ1) is 12.7. The number of benzene rings is 1. The van der Waals surface area contributed by atoms with Crippen LogP contribution in [0.3, 0.4) is 0 Å². The van der Waals surface area contributed by atoms with E-state index in [2.05, 4.69) is 10.7 Å². The van der Waals surface area contributed by atoms with E-state index in [0.29, 0.717) is 24.5 Å². The van der Waals surface area contributed by atoms with Crippen LogP contribution in [0, 0.1) is 0 Å². The molecule has 2 N–H and O–H groups in total. The molecule has 2 aliphatic heterocycles. The van der Waals surface area contributed by atoms with Gasteiger partial charge in [0.25, 0.3) is 11.8 Å². The highest BCUT2D eigenvalue weighted by Crippen LogP contribution is 2.22. The van der Waals surface area contributed by atoms with E-state index in [1.807, 2.05) is 0 Å². The second-order valence-corrected chi connectivity index (χ2v) is 8.77. The van der Waals surface area contributed by atoms with Crippen LogP contribution in [0.2, 0.25) is 0 Å². The number of imide groups is 1. The Kier molecular flexibility index (Phi) is 4.96. The SMILES string of the molecule is CC[C@@]1(C)NC(=O)N(NC(=O)c2ccc(S(=O)(=O)N3CCCC3)cc2)C1=O. The monoisotopic (exact) mass is 394 g/mol. The van der Waals surface area contributed by atoms with Gasteiger partial charge in [0.1, 0.15) is 5.54 Å². The van der Waals surface area contributed by atoms with Crippen LogP contribution in [-0.4, -0.2) is 54.2 Å². The van der Waals surface area contributed by atoms with Crippen LogP contribution in [0.1, 0.15) is 43.5 Å². The fourth-order valence-corrected chi connectivity index (χ4v) is 4.56. The molecule has 2 saturated heterocycles. The lowest BCUT2D eigenvalue weighted by Gasteiger charge is -2.19.